The van der Waals surface area contributed by atoms with E-state index in [0.29, 0.717) is 18.3 Å². The molecule has 5 heterocycles. The van der Waals surface area contributed by atoms with Crippen molar-refractivity contribution in [2.75, 3.05) is 26.7 Å². The predicted octanol–water partition coefficient (Wildman–Crippen LogP) is 3.99. The van der Waals surface area contributed by atoms with Gasteiger partial charge >= 0.3 is 6.03 Å². The van der Waals surface area contributed by atoms with Gasteiger partial charge in [0.25, 0.3) is 0 Å². The van der Waals surface area contributed by atoms with Crippen molar-refractivity contribution in [2.45, 2.75) is 75.1 Å². The summed E-state index contributed by atoms with van der Waals surface area (Å²) in [5, 5.41) is 13.8. The van der Waals surface area contributed by atoms with Crippen molar-refractivity contribution in [2.24, 2.45) is 11.3 Å². The molecule has 0 unspecified atom stereocenters. The number of urea groups is 1. The number of hydrogen-bond acceptors (Lipinski definition) is 6. The molecule has 4 bridgehead atoms. The van der Waals surface area contributed by atoms with Gasteiger partial charge in [-0.1, -0.05) is 6.07 Å². The van der Waals surface area contributed by atoms with Gasteiger partial charge in [-0.05, 0) is 69.0 Å². The number of aromatic hydroxyl groups is 1. The number of fused-ring (bicyclic) bond motifs is 3. The molecule has 4 aliphatic heterocycles. The highest BCUT2D eigenvalue weighted by molar-refractivity contribution is 7.09. The molecule has 2 amide bonds. The Labute approximate surface area is 216 Å². The molecule has 3 saturated heterocycles. The molecule has 36 heavy (non-hydrogen) atoms. The van der Waals surface area contributed by atoms with Gasteiger partial charge in [0.2, 0.25) is 0 Å². The fourth-order valence-corrected chi connectivity index (χ4v) is 9.72. The highest BCUT2D eigenvalue weighted by Gasteiger charge is 2.74. The normalized spacial score (nSPS) is 35.8. The van der Waals surface area contributed by atoms with Crippen molar-refractivity contribution < 1.29 is 14.6 Å². The third-order valence-electron chi connectivity index (χ3n) is 10.6. The minimum absolute atomic E-state index is 0.0280. The molecule has 2 saturated carbocycles. The molecule has 190 valence electrons. The Balaban J connectivity index is 1.22. The summed E-state index contributed by atoms with van der Waals surface area (Å²) in [6.45, 7) is 3.63. The van der Waals surface area contributed by atoms with Crippen LogP contribution in [0.15, 0.2) is 23.7 Å². The molecule has 9 rings (SSSR count). The molecule has 2 spiro atoms. The molecular weight excluding hydrogens is 472 g/mol. The van der Waals surface area contributed by atoms with Crippen molar-refractivity contribution in [3.63, 3.8) is 0 Å². The van der Waals surface area contributed by atoms with Crippen molar-refractivity contribution in [1.82, 2.24) is 19.7 Å². The van der Waals surface area contributed by atoms with Gasteiger partial charge in [0.15, 0.2) is 11.5 Å². The van der Waals surface area contributed by atoms with Gasteiger partial charge in [-0.2, -0.15) is 0 Å². The number of nitrogens with zero attached hydrogens (tertiary/aromatic N) is 4. The number of aromatic nitrogens is 1. The van der Waals surface area contributed by atoms with E-state index in [0.717, 1.165) is 56.1 Å². The largest absolute Gasteiger partial charge is 0.504 e. The first kappa shape index (κ1) is 21.7. The molecule has 7 aliphatic rings. The first-order valence-corrected chi connectivity index (χ1v) is 14.6. The lowest BCUT2D eigenvalue weighted by atomic mass is 9.42. The van der Waals surface area contributed by atoms with Gasteiger partial charge in [0, 0.05) is 54.1 Å². The lowest BCUT2D eigenvalue weighted by Gasteiger charge is -2.66. The van der Waals surface area contributed by atoms with Crippen LogP contribution >= 0.6 is 11.3 Å². The van der Waals surface area contributed by atoms with Gasteiger partial charge in [-0.3, -0.25) is 4.90 Å². The maximum Gasteiger partial charge on any atom is 0.320 e. The first-order valence-electron chi connectivity index (χ1n) is 13.7. The summed E-state index contributed by atoms with van der Waals surface area (Å²) in [4.78, 5) is 25.1. The van der Waals surface area contributed by atoms with Gasteiger partial charge in [0.05, 0.1) is 12.6 Å². The summed E-state index contributed by atoms with van der Waals surface area (Å²) >= 11 is 1.59. The van der Waals surface area contributed by atoms with E-state index < -0.39 is 0 Å². The fourth-order valence-electron chi connectivity index (χ4n) is 9.05. The smallest absolute Gasteiger partial charge is 0.320 e. The van der Waals surface area contributed by atoms with Gasteiger partial charge in [0.1, 0.15) is 11.1 Å². The number of benzene rings is 1. The summed E-state index contributed by atoms with van der Waals surface area (Å²) < 4.78 is 6.82. The number of phenolic OH excluding ortho intramolecular Hbond substituents is 1. The number of piperidine rings is 1. The van der Waals surface area contributed by atoms with Crippen LogP contribution in [0.25, 0.3) is 0 Å². The Bertz CT molecular complexity index is 1230. The van der Waals surface area contributed by atoms with Crippen molar-refractivity contribution in [1.29, 1.82) is 0 Å². The number of hydrogen-bond donors (Lipinski definition) is 1. The highest BCUT2D eigenvalue weighted by Crippen LogP contribution is 2.71. The number of phenols is 1. The lowest BCUT2D eigenvalue weighted by Crippen LogP contribution is -2.73. The van der Waals surface area contributed by atoms with E-state index in [9.17, 15) is 9.90 Å². The molecule has 8 heteroatoms. The first-order chi connectivity index (χ1) is 17.5. The molecule has 1 aromatic carbocycles. The van der Waals surface area contributed by atoms with Crippen LogP contribution in [-0.2, 0) is 18.4 Å². The summed E-state index contributed by atoms with van der Waals surface area (Å²) in [6, 6.07) is 4.59. The second kappa shape index (κ2) is 7.38. The molecule has 7 nitrogen and oxygen atoms in total. The van der Waals surface area contributed by atoms with Crippen LogP contribution < -0.4 is 4.74 Å². The number of thiazole rings is 1. The number of rotatable bonds is 4. The van der Waals surface area contributed by atoms with Crippen molar-refractivity contribution in [3.05, 3.63) is 39.8 Å². The van der Waals surface area contributed by atoms with E-state index in [2.05, 4.69) is 20.9 Å². The predicted molar refractivity (Wildman–Crippen MR) is 136 cm³/mol. The van der Waals surface area contributed by atoms with E-state index in [1.165, 1.54) is 30.5 Å². The topological polar surface area (TPSA) is 69.1 Å². The average molecular weight is 507 g/mol. The maximum absolute atomic E-state index is 13.9. The Kier molecular flexibility index (Phi) is 4.45. The third kappa shape index (κ3) is 2.67. The molecule has 1 aromatic heterocycles. The molecule has 5 atom stereocenters. The number of amides is 2. The zero-order chi connectivity index (χ0) is 24.2. The van der Waals surface area contributed by atoms with Crippen LogP contribution in [0.2, 0.25) is 0 Å². The van der Waals surface area contributed by atoms with Crippen LogP contribution in [0.3, 0.4) is 0 Å². The third-order valence-corrected chi connectivity index (χ3v) is 11.4. The summed E-state index contributed by atoms with van der Waals surface area (Å²) in [5.74, 6) is 1.85. The molecule has 2 aromatic rings. The zero-order valence-electron chi connectivity index (χ0n) is 20.9. The minimum atomic E-state index is -0.106. The van der Waals surface area contributed by atoms with Gasteiger partial charge in [-0.25, -0.2) is 9.78 Å². The zero-order valence-corrected chi connectivity index (χ0v) is 21.7. The average Bonchev–Trinajstić information content (AvgIpc) is 3.50. The maximum atomic E-state index is 13.9. The van der Waals surface area contributed by atoms with E-state index in [4.69, 9.17) is 4.74 Å². The molecular formula is C28H34N4O3S. The molecule has 0 radical (unpaired) electrons. The minimum Gasteiger partial charge on any atom is -0.504 e. The highest BCUT2D eigenvalue weighted by atomic mass is 32.1. The molecule has 5 fully saturated rings. The van der Waals surface area contributed by atoms with Crippen LogP contribution in [0.1, 0.15) is 54.7 Å². The quantitative estimate of drug-likeness (QED) is 0.679. The lowest BCUT2D eigenvalue weighted by molar-refractivity contribution is -0.129. The van der Waals surface area contributed by atoms with E-state index in [1.807, 2.05) is 23.4 Å². The monoisotopic (exact) mass is 506 g/mol. The fraction of sp³-hybridized carbons (Fsp3) is 0.643. The standard InChI is InChI=1S/C28H34N4O3S/c1-30(16-22-29-10-13-36-22)26(34)32-12-8-27-7-6-19(32)25-28(27)9-11-31(15-17-2-3-17)21(27)14-18-4-5-20(33)24(35-25)23(18)28/h4-5,10,13,17,19,21,25,33H,2-3,6-9,11-12,14-16H2,1H3/t19-,21-,25+,27-,28+/m1/s1. The second-order valence-electron chi connectivity index (χ2n) is 12.1. The Morgan fingerprint density at radius 3 is 2.94 bits per heavy atom. The Hall–Kier alpha value is -2.32. The van der Waals surface area contributed by atoms with Crippen LogP contribution in [0.5, 0.6) is 11.5 Å². The number of carbonyl (C=O) groups is 1. The van der Waals surface area contributed by atoms with Crippen molar-refractivity contribution in [3.8, 4) is 11.5 Å². The summed E-state index contributed by atoms with van der Waals surface area (Å²) in [5.41, 5.74) is 2.65. The van der Waals surface area contributed by atoms with Crippen LogP contribution in [-0.4, -0.2) is 75.7 Å². The molecule has 1 N–H and O–H groups in total. The van der Waals surface area contributed by atoms with Gasteiger partial charge in [-0.15, -0.1) is 11.3 Å². The SMILES string of the molecule is CN(Cc1nccs1)C(=O)N1CC[C@@]23CC[C@@H]1[C@@H]1Oc4c(O)ccc5c4[C@@]12CCN(CC1CC1)[C@@H]3C5. The van der Waals surface area contributed by atoms with Gasteiger partial charge < -0.3 is 19.6 Å². The number of likely N-dealkylation sites (tertiary alicyclic amines) is 1. The van der Waals surface area contributed by atoms with E-state index in [-0.39, 0.29) is 34.8 Å². The Morgan fingerprint density at radius 2 is 2.14 bits per heavy atom. The molecule has 3 aliphatic carbocycles. The summed E-state index contributed by atoms with van der Waals surface area (Å²) in [6.07, 6.45) is 9.69. The second-order valence-corrected chi connectivity index (χ2v) is 13.1. The van der Waals surface area contributed by atoms with Crippen LogP contribution in [0.4, 0.5) is 4.79 Å². The van der Waals surface area contributed by atoms with Crippen molar-refractivity contribution >= 4 is 17.4 Å². The summed E-state index contributed by atoms with van der Waals surface area (Å²) in [7, 11) is 1.90. The van der Waals surface area contributed by atoms with Crippen LogP contribution in [0, 0.1) is 11.3 Å². The number of carbonyl (C=O) groups excluding carboxylic acids is 1. The Morgan fingerprint density at radius 1 is 1.25 bits per heavy atom. The van der Waals surface area contributed by atoms with E-state index in [1.54, 1.807) is 17.5 Å². The number of ether oxygens (including phenoxy) is 1. The van der Waals surface area contributed by atoms with E-state index >= 15 is 0 Å².